The lowest BCUT2D eigenvalue weighted by Crippen LogP contribution is -2.44. The zero-order valence-corrected chi connectivity index (χ0v) is 15.0. The van der Waals surface area contributed by atoms with Gasteiger partial charge in [-0.15, -0.1) is 0 Å². The van der Waals surface area contributed by atoms with Gasteiger partial charge in [-0.25, -0.2) is 4.39 Å². The average molecular weight is 356 g/mol. The van der Waals surface area contributed by atoms with E-state index >= 15 is 0 Å². The Morgan fingerprint density at radius 1 is 1.29 bits per heavy atom. The van der Waals surface area contributed by atoms with Crippen LogP contribution < -0.4 is 5.32 Å². The van der Waals surface area contributed by atoms with Gasteiger partial charge in [0.05, 0.1) is 4.47 Å². The van der Waals surface area contributed by atoms with Crippen molar-refractivity contribution in [1.82, 2.24) is 5.32 Å². The van der Waals surface area contributed by atoms with E-state index in [2.05, 4.69) is 42.1 Å². The van der Waals surface area contributed by atoms with Crippen molar-refractivity contribution in [1.29, 1.82) is 0 Å². The van der Waals surface area contributed by atoms with Gasteiger partial charge in [0.25, 0.3) is 0 Å². The standard InChI is InChI=1S/C18H27BrFN/c1-13(2)12-18(8-4-5-9-18)17(21-3)11-14-6-7-16(20)15(19)10-14/h6-7,10,13,17,21H,4-5,8-9,11-12H2,1-3H3. The van der Waals surface area contributed by atoms with Gasteiger partial charge in [-0.3, -0.25) is 0 Å². The average Bonchev–Trinajstić information content (AvgIpc) is 2.88. The molecule has 0 aliphatic heterocycles. The van der Waals surface area contributed by atoms with Gasteiger partial charge < -0.3 is 5.32 Å². The summed E-state index contributed by atoms with van der Waals surface area (Å²) in [5.41, 5.74) is 1.61. The van der Waals surface area contributed by atoms with Crippen LogP contribution in [0.3, 0.4) is 0 Å². The summed E-state index contributed by atoms with van der Waals surface area (Å²) < 4.78 is 14.0. The van der Waals surface area contributed by atoms with Gasteiger partial charge in [0, 0.05) is 6.04 Å². The van der Waals surface area contributed by atoms with Gasteiger partial charge in [0.2, 0.25) is 0 Å². The molecule has 0 amide bonds. The largest absolute Gasteiger partial charge is 0.316 e. The van der Waals surface area contributed by atoms with Crippen LogP contribution in [0.1, 0.15) is 51.5 Å². The fourth-order valence-corrected chi connectivity index (χ4v) is 4.54. The fourth-order valence-electron chi connectivity index (χ4n) is 4.11. The third-order valence-corrected chi connectivity index (χ3v) is 5.53. The van der Waals surface area contributed by atoms with Crippen LogP contribution in [0.4, 0.5) is 4.39 Å². The molecule has 1 N–H and O–H groups in total. The van der Waals surface area contributed by atoms with Crippen molar-refractivity contribution in [2.75, 3.05) is 7.05 Å². The van der Waals surface area contributed by atoms with Crippen molar-refractivity contribution < 1.29 is 4.39 Å². The molecule has 1 saturated carbocycles. The van der Waals surface area contributed by atoms with E-state index < -0.39 is 0 Å². The van der Waals surface area contributed by atoms with E-state index in [0.29, 0.717) is 15.9 Å². The van der Waals surface area contributed by atoms with Crippen LogP contribution in [0.5, 0.6) is 0 Å². The highest BCUT2D eigenvalue weighted by Crippen LogP contribution is 2.46. The maximum absolute atomic E-state index is 13.4. The zero-order valence-electron chi connectivity index (χ0n) is 13.4. The maximum Gasteiger partial charge on any atom is 0.137 e. The van der Waals surface area contributed by atoms with Crippen molar-refractivity contribution >= 4 is 15.9 Å². The van der Waals surface area contributed by atoms with E-state index in [1.807, 2.05) is 12.1 Å². The minimum atomic E-state index is -0.183. The minimum absolute atomic E-state index is 0.183. The summed E-state index contributed by atoms with van der Waals surface area (Å²) in [7, 11) is 2.07. The second kappa shape index (κ2) is 7.23. The normalized spacial score (nSPS) is 19.1. The van der Waals surface area contributed by atoms with Gasteiger partial charge in [-0.05, 0) is 77.7 Å². The highest BCUT2D eigenvalue weighted by Gasteiger charge is 2.40. The SMILES string of the molecule is CNC(Cc1ccc(F)c(Br)c1)C1(CC(C)C)CCCC1. The summed E-state index contributed by atoms with van der Waals surface area (Å²) in [6.45, 7) is 4.64. The number of hydrogen-bond acceptors (Lipinski definition) is 1. The highest BCUT2D eigenvalue weighted by molar-refractivity contribution is 9.10. The number of benzene rings is 1. The predicted molar refractivity (Wildman–Crippen MR) is 91.0 cm³/mol. The molecule has 118 valence electrons. The number of rotatable bonds is 6. The molecule has 1 aromatic carbocycles. The van der Waals surface area contributed by atoms with Crippen molar-refractivity contribution in [2.24, 2.45) is 11.3 Å². The van der Waals surface area contributed by atoms with Gasteiger partial charge in [0.15, 0.2) is 0 Å². The summed E-state index contributed by atoms with van der Waals surface area (Å²) in [4.78, 5) is 0. The number of nitrogens with one attached hydrogen (secondary N) is 1. The molecular weight excluding hydrogens is 329 g/mol. The van der Waals surface area contributed by atoms with E-state index in [-0.39, 0.29) is 5.82 Å². The Bertz CT molecular complexity index is 466. The van der Waals surface area contributed by atoms with E-state index in [1.165, 1.54) is 37.7 Å². The van der Waals surface area contributed by atoms with E-state index in [4.69, 9.17) is 0 Å². The third kappa shape index (κ3) is 4.07. The summed E-state index contributed by atoms with van der Waals surface area (Å²) in [5.74, 6) is 0.538. The Hall–Kier alpha value is -0.410. The molecule has 0 bridgehead atoms. The van der Waals surface area contributed by atoms with Crippen LogP contribution in [0.15, 0.2) is 22.7 Å². The lowest BCUT2D eigenvalue weighted by molar-refractivity contribution is 0.160. The molecule has 3 heteroatoms. The van der Waals surface area contributed by atoms with E-state index in [0.717, 1.165) is 12.3 Å². The molecule has 2 rings (SSSR count). The smallest absolute Gasteiger partial charge is 0.137 e. The van der Waals surface area contributed by atoms with Crippen LogP contribution in [-0.4, -0.2) is 13.1 Å². The maximum atomic E-state index is 13.4. The molecule has 1 aliphatic rings. The molecule has 1 aliphatic carbocycles. The van der Waals surface area contributed by atoms with E-state index in [1.54, 1.807) is 6.07 Å². The fraction of sp³-hybridized carbons (Fsp3) is 0.667. The summed E-state index contributed by atoms with van der Waals surface area (Å²) in [5, 5.41) is 3.56. The van der Waals surface area contributed by atoms with Crippen molar-refractivity contribution in [3.8, 4) is 0 Å². The molecule has 0 spiro atoms. The topological polar surface area (TPSA) is 12.0 Å². The van der Waals surface area contributed by atoms with Crippen LogP contribution in [-0.2, 0) is 6.42 Å². The first-order chi connectivity index (χ1) is 9.97. The molecule has 21 heavy (non-hydrogen) atoms. The predicted octanol–water partition coefficient (Wildman–Crippen LogP) is 5.33. The van der Waals surface area contributed by atoms with Crippen molar-refractivity contribution in [3.63, 3.8) is 0 Å². The number of halogens is 2. The van der Waals surface area contributed by atoms with Gasteiger partial charge in [-0.1, -0.05) is 32.8 Å². The number of hydrogen-bond donors (Lipinski definition) is 1. The molecule has 1 atom stereocenters. The Balaban J connectivity index is 2.18. The Morgan fingerprint density at radius 2 is 1.95 bits per heavy atom. The lowest BCUT2D eigenvalue weighted by atomic mass is 9.71. The lowest BCUT2D eigenvalue weighted by Gasteiger charge is -2.39. The van der Waals surface area contributed by atoms with Crippen molar-refractivity contribution in [2.45, 2.75) is 58.4 Å². The molecule has 1 nitrogen and oxygen atoms in total. The molecular formula is C18H27BrFN. The molecule has 0 saturated heterocycles. The van der Waals surface area contributed by atoms with Gasteiger partial charge in [-0.2, -0.15) is 0 Å². The van der Waals surface area contributed by atoms with Gasteiger partial charge >= 0.3 is 0 Å². The second-order valence-electron chi connectivity index (χ2n) is 6.96. The van der Waals surface area contributed by atoms with Crippen LogP contribution in [0.2, 0.25) is 0 Å². The van der Waals surface area contributed by atoms with Crippen LogP contribution in [0.25, 0.3) is 0 Å². The Kier molecular flexibility index (Phi) is 5.84. The van der Waals surface area contributed by atoms with Gasteiger partial charge in [0.1, 0.15) is 5.82 Å². The molecule has 0 radical (unpaired) electrons. The first-order valence-electron chi connectivity index (χ1n) is 8.08. The first-order valence-corrected chi connectivity index (χ1v) is 8.87. The number of likely N-dealkylation sites (N-methyl/N-ethyl adjacent to an activating group) is 1. The molecule has 1 aromatic rings. The Morgan fingerprint density at radius 3 is 2.48 bits per heavy atom. The quantitative estimate of drug-likeness (QED) is 0.727. The van der Waals surface area contributed by atoms with Crippen LogP contribution >= 0.6 is 15.9 Å². The second-order valence-corrected chi connectivity index (χ2v) is 7.82. The summed E-state index contributed by atoms with van der Waals surface area (Å²) in [6, 6.07) is 5.88. The minimum Gasteiger partial charge on any atom is -0.316 e. The monoisotopic (exact) mass is 355 g/mol. The third-order valence-electron chi connectivity index (χ3n) is 4.93. The molecule has 0 aromatic heterocycles. The highest BCUT2D eigenvalue weighted by atomic mass is 79.9. The van der Waals surface area contributed by atoms with E-state index in [9.17, 15) is 4.39 Å². The first kappa shape index (κ1) is 17.0. The summed E-state index contributed by atoms with van der Waals surface area (Å²) in [6.07, 6.45) is 7.58. The van der Waals surface area contributed by atoms with Crippen LogP contribution in [0, 0.1) is 17.2 Å². The zero-order chi connectivity index (χ0) is 15.5. The molecule has 1 fully saturated rings. The summed E-state index contributed by atoms with van der Waals surface area (Å²) >= 11 is 3.30. The molecule has 1 unspecified atom stereocenters. The molecule has 0 heterocycles. The van der Waals surface area contributed by atoms with Crippen molar-refractivity contribution in [3.05, 3.63) is 34.1 Å². The Labute approximate surface area is 136 Å².